The van der Waals surface area contributed by atoms with Crippen LogP contribution < -0.4 is 14.2 Å². The molecule has 7 heteroatoms. The summed E-state index contributed by atoms with van der Waals surface area (Å²) >= 11 is 0. The van der Waals surface area contributed by atoms with Gasteiger partial charge in [-0.25, -0.2) is 9.07 Å². The fourth-order valence-corrected chi connectivity index (χ4v) is 3.36. The van der Waals surface area contributed by atoms with Crippen molar-refractivity contribution in [2.24, 2.45) is 0 Å². The molecule has 0 aliphatic rings. The Kier molecular flexibility index (Phi) is 5.49. The Labute approximate surface area is 179 Å². The average Bonchev–Trinajstić information content (AvgIpc) is 3.23. The number of nitrogens with zero attached hydrogens (tertiary/aromatic N) is 2. The standard InChI is InChI=1S/C24H21FN2O4/c1-29-18-10-4-15(5-11-18)21-14-20(26-27(21)17-8-6-16(25)7-9-17)24-22(28)12-19(30-2)13-23(24)31-3/h4-14,28H,1-3H3. The minimum Gasteiger partial charge on any atom is -0.507 e. The number of phenolic OH excluding ortho intramolecular Hbond substituents is 1. The minimum absolute atomic E-state index is 0.0266. The number of ether oxygens (including phenoxy) is 3. The number of hydrogen-bond acceptors (Lipinski definition) is 5. The number of methoxy groups -OCH3 is 3. The van der Waals surface area contributed by atoms with Crippen LogP contribution in [0.5, 0.6) is 23.0 Å². The van der Waals surface area contributed by atoms with Crippen molar-refractivity contribution in [3.8, 4) is 51.2 Å². The maximum absolute atomic E-state index is 13.5. The van der Waals surface area contributed by atoms with Crippen LogP contribution in [0.1, 0.15) is 0 Å². The third-order valence-corrected chi connectivity index (χ3v) is 4.93. The van der Waals surface area contributed by atoms with Gasteiger partial charge in [0.15, 0.2) is 0 Å². The highest BCUT2D eigenvalue weighted by molar-refractivity contribution is 5.79. The molecule has 0 saturated carbocycles. The Bertz CT molecular complexity index is 1200. The molecule has 31 heavy (non-hydrogen) atoms. The van der Waals surface area contributed by atoms with Crippen molar-refractivity contribution in [1.29, 1.82) is 0 Å². The molecule has 0 aliphatic carbocycles. The molecule has 0 aliphatic heterocycles. The molecule has 0 fully saturated rings. The van der Waals surface area contributed by atoms with Gasteiger partial charge in [0, 0.05) is 17.7 Å². The predicted octanol–water partition coefficient (Wildman–Crippen LogP) is 5.08. The van der Waals surface area contributed by atoms with E-state index in [2.05, 4.69) is 0 Å². The van der Waals surface area contributed by atoms with Crippen LogP contribution >= 0.6 is 0 Å². The van der Waals surface area contributed by atoms with Gasteiger partial charge in [0.25, 0.3) is 0 Å². The van der Waals surface area contributed by atoms with Crippen molar-refractivity contribution in [2.75, 3.05) is 21.3 Å². The van der Waals surface area contributed by atoms with E-state index < -0.39 is 0 Å². The summed E-state index contributed by atoms with van der Waals surface area (Å²) in [7, 11) is 4.63. The quantitative estimate of drug-likeness (QED) is 0.471. The van der Waals surface area contributed by atoms with E-state index in [1.54, 1.807) is 30.0 Å². The second-order valence-corrected chi connectivity index (χ2v) is 6.76. The molecule has 3 aromatic carbocycles. The largest absolute Gasteiger partial charge is 0.507 e. The number of phenols is 1. The number of aromatic hydroxyl groups is 1. The van der Waals surface area contributed by atoms with Gasteiger partial charge in [0.2, 0.25) is 0 Å². The predicted molar refractivity (Wildman–Crippen MR) is 116 cm³/mol. The van der Waals surface area contributed by atoms with Crippen LogP contribution in [-0.2, 0) is 0 Å². The Morgan fingerprint density at radius 3 is 2.10 bits per heavy atom. The van der Waals surface area contributed by atoms with Gasteiger partial charge >= 0.3 is 0 Å². The third-order valence-electron chi connectivity index (χ3n) is 4.93. The van der Waals surface area contributed by atoms with E-state index in [1.807, 2.05) is 30.3 Å². The van der Waals surface area contributed by atoms with Crippen molar-refractivity contribution in [2.45, 2.75) is 0 Å². The normalized spacial score (nSPS) is 10.7. The Morgan fingerprint density at radius 1 is 0.806 bits per heavy atom. The first-order valence-electron chi connectivity index (χ1n) is 9.50. The average molecular weight is 420 g/mol. The highest BCUT2D eigenvalue weighted by Crippen LogP contribution is 2.42. The zero-order chi connectivity index (χ0) is 22.0. The summed E-state index contributed by atoms with van der Waals surface area (Å²) in [5.41, 5.74) is 3.22. The lowest BCUT2D eigenvalue weighted by molar-refractivity contribution is 0.386. The maximum Gasteiger partial charge on any atom is 0.135 e. The molecule has 0 saturated heterocycles. The molecular formula is C24H21FN2O4. The van der Waals surface area contributed by atoms with Crippen LogP contribution in [0.3, 0.4) is 0 Å². The molecule has 4 aromatic rings. The second kappa shape index (κ2) is 8.39. The lowest BCUT2D eigenvalue weighted by Crippen LogP contribution is -2.00. The van der Waals surface area contributed by atoms with Gasteiger partial charge < -0.3 is 19.3 Å². The number of benzene rings is 3. The summed E-state index contributed by atoms with van der Waals surface area (Å²) in [5, 5.41) is 15.4. The lowest BCUT2D eigenvalue weighted by atomic mass is 10.1. The van der Waals surface area contributed by atoms with Crippen LogP contribution in [0.25, 0.3) is 28.2 Å². The van der Waals surface area contributed by atoms with E-state index in [4.69, 9.17) is 19.3 Å². The first kappa shape index (κ1) is 20.3. The molecule has 4 rings (SSSR count). The van der Waals surface area contributed by atoms with Crippen LogP contribution in [0.15, 0.2) is 66.7 Å². The van der Waals surface area contributed by atoms with Crippen LogP contribution in [0.4, 0.5) is 4.39 Å². The van der Waals surface area contributed by atoms with Gasteiger partial charge in [0.1, 0.15) is 34.5 Å². The fourth-order valence-electron chi connectivity index (χ4n) is 3.36. The van der Waals surface area contributed by atoms with Gasteiger partial charge in [-0.1, -0.05) is 0 Å². The smallest absolute Gasteiger partial charge is 0.135 e. The number of aromatic nitrogens is 2. The zero-order valence-corrected chi connectivity index (χ0v) is 17.3. The van der Waals surface area contributed by atoms with Gasteiger partial charge in [-0.05, 0) is 54.6 Å². The van der Waals surface area contributed by atoms with Gasteiger partial charge in [-0.3, -0.25) is 0 Å². The summed E-state index contributed by atoms with van der Waals surface area (Å²) < 4.78 is 31.1. The molecule has 6 nitrogen and oxygen atoms in total. The van der Waals surface area contributed by atoms with Crippen molar-refractivity contribution in [3.63, 3.8) is 0 Å². The summed E-state index contributed by atoms with van der Waals surface area (Å²) in [4.78, 5) is 0. The molecule has 0 spiro atoms. The molecule has 158 valence electrons. The first-order chi connectivity index (χ1) is 15.0. The van der Waals surface area contributed by atoms with Crippen molar-refractivity contribution in [1.82, 2.24) is 9.78 Å². The van der Waals surface area contributed by atoms with E-state index in [-0.39, 0.29) is 11.6 Å². The van der Waals surface area contributed by atoms with E-state index in [9.17, 15) is 9.50 Å². The third kappa shape index (κ3) is 3.90. The highest BCUT2D eigenvalue weighted by Gasteiger charge is 2.20. The Morgan fingerprint density at radius 2 is 1.48 bits per heavy atom. The number of hydrogen-bond donors (Lipinski definition) is 1. The van der Waals surface area contributed by atoms with Crippen LogP contribution in [0.2, 0.25) is 0 Å². The van der Waals surface area contributed by atoms with Crippen molar-refractivity contribution in [3.05, 3.63) is 72.5 Å². The highest BCUT2D eigenvalue weighted by atomic mass is 19.1. The molecule has 1 heterocycles. The van der Waals surface area contributed by atoms with Crippen LogP contribution in [0, 0.1) is 5.82 Å². The molecule has 0 amide bonds. The topological polar surface area (TPSA) is 65.7 Å². The van der Waals surface area contributed by atoms with E-state index >= 15 is 0 Å². The van der Waals surface area contributed by atoms with E-state index in [0.717, 1.165) is 17.0 Å². The summed E-state index contributed by atoms with van der Waals surface area (Å²) in [6, 6.07) is 18.6. The monoisotopic (exact) mass is 420 g/mol. The summed E-state index contributed by atoms with van der Waals surface area (Å²) in [5.74, 6) is 1.25. The SMILES string of the molecule is COc1ccc(-c2cc(-c3c(O)cc(OC)cc3OC)nn2-c2ccc(F)cc2)cc1. The number of halogens is 1. The fraction of sp³-hybridized carbons (Fsp3) is 0.125. The minimum atomic E-state index is -0.336. The molecule has 1 aromatic heterocycles. The van der Waals surface area contributed by atoms with Crippen molar-refractivity contribution >= 4 is 0 Å². The lowest BCUT2D eigenvalue weighted by Gasteiger charge is -2.11. The second-order valence-electron chi connectivity index (χ2n) is 6.76. The molecule has 1 N–H and O–H groups in total. The summed E-state index contributed by atoms with van der Waals surface area (Å²) in [6.45, 7) is 0. The van der Waals surface area contributed by atoms with E-state index in [0.29, 0.717) is 28.4 Å². The maximum atomic E-state index is 13.5. The molecule has 0 atom stereocenters. The van der Waals surface area contributed by atoms with E-state index in [1.165, 1.54) is 32.4 Å². The van der Waals surface area contributed by atoms with Crippen LogP contribution in [-0.4, -0.2) is 36.2 Å². The molecular weight excluding hydrogens is 399 g/mol. The molecule has 0 unspecified atom stereocenters. The molecule has 0 radical (unpaired) electrons. The summed E-state index contributed by atoms with van der Waals surface area (Å²) in [6.07, 6.45) is 0. The zero-order valence-electron chi connectivity index (χ0n) is 17.3. The molecule has 0 bridgehead atoms. The Hall–Kier alpha value is -4.00. The van der Waals surface area contributed by atoms with Gasteiger partial charge in [-0.2, -0.15) is 5.10 Å². The Balaban J connectivity index is 1.92. The first-order valence-corrected chi connectivity index (χ1v) is 9.50. The van der Waals surface area contributed by atoms with Gasteiger partial charge in [-0.15, -0.1) is 0 Å². The number of rotatable bonds is 6. The van der Waals surface area contributed by atoms with Gasteiger partial charge in [0.05, 0.1) is 38.3 Å². The van der Waals surface area contributed by atoms with Crippen molar-refractivity contribution < 1.29 is 23.7 Å².